The summed E-state index contributed by atoms with van der Waals surface area (Å²) >= 11 is 0. The minimum absolute atomic E-state index is 0.00444. The molecule has 1 N–H and O–H groups in total. The van der Waals surface area contributed by atoms with E-state index in [1.165, 1.54) is 37.3 Å². The normalized spacial score (nSPS) is 12.2. The number of nitrogens with one attached hydrogen (secondary N) is 1. The first-order chi connectivity index (χ1) is 19.4. The summed E-state index contributed by atoms with van der Waals surface area (Å²) in [7, 11) is -1.36. The minimum atomic E-state index is -4.24. The van der Waals surface area contributed by atoms with Crippen LogP contribution >= 0.6 is 0 Å². The highest BCUT2D eigenvalue weighted by atomic mass is 32.2. The zero-order valence-corrected chi connectivity index (χ0v) is 25.3. The number of benzene rings is 3. The molecule has 0 aromatic heterocycles. The van der Waals surface area contributed by atoms with Gasteiger partial charge in [-0.15, -0.1) is 0 Å². The van der Waals surface area contributed by atoms with Gasteiger partial charge in [-0.1, -0.05) is 55.5 Å². The Morgan fingerprint density at radius 3 is 2.05 bits per heavy atom. The van der Waals surface area contributed by atoms with Crippen LogP contribution in [0.1, 0.15) is 39.7 Å². The second kappa shape index (κ2) is 13.5. The average Bonchev–Trinajstić information content (AvgIpc) is 2.95. The van der Waals surface area contributed by atoms with E-state index in [1.807, 2.05) is 58.0 Å². The zero-order valence-electron chi connectivity index (χ0n) is 24.5. The van der Waals surface area contributed by atoms with Crippen molar-refractivity contribution in [3.63, 3.8) is 0 Å². The number of hydrogen-bond donors (Lipinski definition) is 1. The second-order valence-electron chi connectivity index (χ2n) is 10.5. The van der Waals surface area contributed by atoms with Gasteiger partial charge in [0.1, 0.15) is 24.1 Å². The lowest BCUT2D eigenvalue weighted by Gasteiger charge is -2.35. The summed E-state index contributed by atoms with van der Waals surface area (Å²) in [6.07, 6.45) is 0.328. The van der Waals surface area contributed by atoms with Gasteiger partial charge in [-0.25, -0.2) is 8.42 Å². The van der Waals surface area contributed by atoms with E-state index < -0.39 is 34.1 Å². The zero-order chi connectivity index (χ0) is 30.2. The number of sulfonamides is 1. The lowest BCUT2D eigenvalue weighted by molar-refractivity contribution is -0.141. The molecule has 3 rings (SSSR count). The van der Waals surface area contributed by atoms with E-state index in [1.54, 1.807) is 30.3 Å². The summed E-state index contributed by atoms with van der Waals surface area (Å²) in [6, 6.07) is 21.0. The maximum Gasteiger partial charge on any atom is 0.264 e. The standard InChI is InChI=1S/C31H39N3O6S/c1-7-26(30(36)32-31(2,3)4)33(21-23-14-10-8-11-15-23)29(35)22-34(41(37,38)25-16-12-9-13-17-25)27-20-24(39-5)18-19-28(27)40-6/h8-20,26H,7,21-22H2,1-6H3,(H,32,36). The molecule has 0 spiro atoms. The summed E-state index contributed by atoms with van der Waals surface area (Å²) in [5.41, 5.74) is 0.415. The molecule has 0 fully saturated rings. The molecule has 0 aliphatic heterocycles. The largest absolute Gasteiger partial charge is 0.497 e. The molecular weight excluding hydrogens is 542 g/mol. The van der Waals surface area contributed by atoms with Gasteiger partial charge in [-0.2, -0.15) is 0 Å². The fourth-order valence-corrected chi connectivity index (χ4v) is 5.81. The molecule has 0 bridgehead atoms. The quantitative estimate of drug-likeness (QED) is 0.335. The highest BCUT2D eigenvalue weighted by molar-refractivity contribution is 7.92. The lowest BCUT2D eigenvalue weighted by atomic mass is 10.1. The third-order valence-electron chi connectivity index (χ3n) is 6.34. The Bertz CT molecular complexity index is 1420. The van der Waals surface area contributed by atoms with Crippen LogP contribution < -0.4 is 19.1 Å². The van der Waals surface area contributed by atoms with Crippen LogP contribution in [-0.4, -0.2) is 57.5 Å². The van der Waals surface area contributed by atoms with Crippen LogP contribution in [0, 0.1) is 0 Å². The van der Waals surface area contributed by atoms with Crippen molar-refractivity contribution in [1.29, 1.82) is 0 Å². The Balaban J connectivity index is 2.14. The predicted molar refractivity (Wildman–Crippen MR) is 159 cm³/mol. The molecule has 1 atom stereocenters. The van der Waals surface area contributed by atoms with Crippen LogP contribution in [0.4, 0.5) is 5.69 Å². The van der Waals surface area contributed by atoms with Gasteiger partial charge in [-0.3, -0.25) is 13.9 Å². The lowest BCUT2D eigenvalue weighted by Crippen LogP contribution is -2.55. The van der Waals surface area contributed by atoms with Crippen molar-refractivity contribution in [3.05, 3.63) is 84.4 Å². The molecule has 1 unspecified atom stereocenters. The summed E-state index contributed by atoms with van der Waals surface area (Å²) in [4.78, 5) is 29.1. The van der Waals surface area contributed by atoms with Crippen LogP contribution in [0.15, 0.2) is 83.8 Å². The molecule has 2 amide bonds. The van der Waals surface area contributed by atoms with Crippen LogP contribution in [0.2, 0.25) is 0 Å². The van der Waals surface area contributed by atoms with Gasteiger partial charge in [0, 0.05) is 18.2 Å². The first kappa shape index (κ1) is 31.5. The SMILES string of the molecule is CCC(C(=O)NC(C)(C)C)N(Cc1ccccc1)C(=O)CN(c1cc(OC)ccc1OC)S(=O)(=O)c1ccccc1. The van der Waals surface area contributed by atoms with E-state index in [9.17, 15) is 18.0 Å². The molecule has 0 radical (unpaired) electrons. The molecule has 3 aromatic carbocycles. The number of hydrogen-bond acceptors (Lipinski definition) is 6. The Labute approximate surface area is 243 Å². The maximum atomic E-state index is 14.2. The molecule has 3 aromatic rings. The van der Waals surface area contributed by atoms with Gasteiger partial charge in [0.2, 0.25) is 11.8 Å². The first-order valence-electron chi connectivity index (χ1n) is 13.4. The van der Waals surface area contributed by atoms with E-state index in [2.05, 4.69) is 5.32 Å². The summed E-state index contributed by atoms with van der Waals surface area (Å²) in [5.74, 6) is -0.237. The fraction of sp³-hybridized carbons (Fsp3) is 0.355. The van der Waals surface area contributed by atoms with E-state index in [0.29, 0.717) is 12.2 Å². The van der Waals surface area contributed by atoms with Crippen LogP contribution in [-0.2, 0) is 26.2 Å². The third kappa shape index (κ3) is 8.00. The van der Waals surface area contributed by atoms with Crippen LogP contribution in [0.25, 0.3) is 0 Å². The van der Waals surface area contributed by atoms with Gasteiger partial charge in [-0.05, 0) is 57.0 Å². The van der Waals surface area contributed by atoms with E-state index in [4.69, 9.17) is 9.47 Å². The Kier molecular flexibility index (Phi) is 10.4. The summed E-state index contributed by atoms with van der Waals surface area (Å²) < 4.78 is 40.0. The molecule has 0 aliphatic carbocycles. The van der Waals surface area contributed by atoms with Gasteiger partial charge >= 0.3 is 0 Å². The number of carbonyl (C=O) groups excluding carboxylic acids is 2. The summed E-state index contributed by atoms with van der Waals surface area (Å²) in [6.45, 7) is 6.96. The maximum absolute atomic E-state index is 14.2. The van der Waals surface area contributed by atoms with Crippen LogP contribution in [0.3, 0.4) is 0 Å². The van der Waals surface area contributed by atoms with Crippen molar-refractivity contribution >= 4 is 27.5 Å². The van der Waals surface area contributed by atoms with Crippen molar-refractivity contribution in [2.24, 2.45) is 0 Å². The van der Waals surface area contributed by atoms with Gasteiger partial charge in [0.25, 0.3) is 10.0 Å². The highest BCUT2D eigenvalue weighted by Crippen LogP contribution is 2.36. The number of methoxy groups -OCH3 is 2. The Morgan fingerprint density at radius 1 is 0.902 bits per heavy atom. The minimum Gasteiger partial charge on any atom is -0.497 e. The molecule has 10 heteroatoms. The highest BCUT2D eigenvalue weighted by Gasteiger charge is 2.35. The Morgan fingerprint density at radius 2 is 1.51 bits per heavy atom. The van der Waals surface area contributed by atoms with Gasteiger partial charge in [0.05, 0.1) is 24.8 Å². The number of carbonyl (C=O) groups is 2. The molecule has 0 saturated carbocycles. The topological polar surface area (TPSA) is 105 Å². The third-order valence-corrected chi connectivity index (χ3v) is 8.12. The second-order valence-corrected chi connectivity index (χ2v) is 12.4. The Hall–Kier alpha value is -4.05. The summed E-state index contributed by atoms with van der Waals surface area (Å²) in [5, 5.41) is 2.96. The molecular formula is C31H39N3O6S. The average molecular weight is 582 g/mol. The van der Waals surface area contributed by atoms with Gasteiger partial charge in [0.15, 0.2) is 0 Å². The number of amides is 2. The molecule has 220 valence electrons. The van der Waals surface area contributed by atoms with Crippen molar-refractivity contribution in [3.8, 4) is 11.5 Å². The smallest absolute Gasteiger partial charge is 0.264 e. The molecule has 41 heavy (non-hydrogen) atoms. The van der Waals surface area contributed by atoms with Crippen molar-refractivity contribution in [2.45, 2.75) is 57.1 Å². The number of nitrogens with zero attached hydrogens (tertiary/aromatic N) is 2. The van der Waals surface area contributed by atoms with E-state index >= 15 is 0 Å². The monoisotopic (exact) mass is 581 g/mol. The van der Waals surface area contributed by atoms with Crippen molar-refractivity contribution in [2.75, 3.05) is 25.1 Å². The first-order valence-corrected chi connectivity index (χ1v) is 14.8. The molecule has 9 nitrogen and oxygen atoms in total. The van der Waals surface area contributed by atoms with Crippen molar-refractivity contribution in [1.82, 2.24) is 10.2 Å². The number of rotatable bonds is 12. The molecule has 0 saturated heterocycles. The van der Waals surface area contributed by atoms with Crippen LogP contribution in [0.5, 0.6) is 11.5 Å². The fourth-order valence-electron chi connectivity index (χ4n) is 4.38. The molecule has 0 heterocycles. The number of anilines is 1. The van der Waals surface area contributed by atoms with Crippen molar-refractivity contribution < 1.29 is 27.5 Å². The molecule has 0 aliphatic rings. The van der Waals surface area contributed by atoms with E-state index in [-0.39, 0.29) is 28.8 Å². The predicted octanol–water partition coefficient (Wildman–Crippen LogP) is 4.62. The van der Waals surface area contributed by atoms with E-state index in [0.717, 1.165) is 9.87 Å². The van der Waals surface area contributed by atoms with Gasteiger partial charge < -0.3 is 19.7 Å². The number of ether oxygens (including phenoxy) is 2.